The summed E-state index contributed by atoms with van der Waals surface area (Å²) in [5.74, 6) is 0.0220. The summed E-state index contributed by atoms with van der Waals surface area (Å²) in [6.07, 6.45) is 14.0. The van der Waals surface area contributed by atoms with Gasteiger partial charge in [0.2, 0.25) is 0 Å². The molecule has 0 radical (unpaired) electrons. The topological polar surface area (TPSA) is 66.8 Å². The molecule has 2 saturated carbocycles. The van der Waals surface area contributed by atoms with E-state index in [4.69, 9.17) is 23.2 Å². The highest BCUT2D eigenvalue weighted by Gasteiger charge is 2.43. The van der Waals surface area contributed by atoms with Crippen molar-refractivity contribution in [1.29, 1.82) is 0 Å². The number of carbonyl (C=O) groups is 1. The maximum atomic E-state index is 11.3. The molecule has 2 aliphatic carbocycles. The number of rotatable bonds is 14. The molecule has 4 rings (SSSR count). The standard InChI is InChI=1S/C32H42Cl2O4S/c1-38-30(37)11-5-3-2-4-9-25-26(33)20-27(35)31(25)23-14-12-22(13-15-23)8-6-10-28(36)32(18-7-19-32)21-24-16-17-29(34)39-24/h2,4,12-17,25-28,31,35-36H,3,5-11,18-21H2,1H3/t25-,26?,27+,28?,31-/m0/s1. The van der Waals surface area contributed by atoms with Gasteiger partial charge in [-0.25, -0.2) is 0 Å². The minimum absolute atomic E-state index is 0.0135. The lowest BCUT2D eigenvalue weighted by atomic mass is 9.62. The number of methoxy groups -OCH3 is 1. The highest BCUT2D eigenvalue weighted by molar-refractivity contribution is 7.16. The van der Waals surface area contributed by atoms with Crippen LogP contribution in [0, 0.1) is 11.3 Å². The van der Waals surface area contributed by atoms with Crippen molar-refractivity contribution in [3.63, 3.8) is 0 Å². The molecule has 0 bridgehead atoms. The van der Waals surface area contributed by atoms with E-state index in [2.05, 4.69) is 47.2 Å². The molecule has 4 nitrogen and oxygen atoms in total. The van der Waals surface area contributed by atoms with Gasteiger partial charge >= 0.3 is 5.97 Å². The first-order chi connectivity index (χ1) is 18.8. The second-order valence-electron chi connectivity index (χ2n) is 11.4. The number of thiophene rings is 1. The van der Waals surface area contributed by atoms with E-state index in [1.54, 1.807) is 11.3 Å². The number of carbonyl (C=O) groups excluding carboxylic acids is 1. The number of allylic oxidation sites excluding steroid dienone is 2. The molecular weight excluding hydrogens is 551 g/mol. The Balaban J connectivity index is 1.26. The van der Waals surface area contributed by atoms with Crippen molar-refractivity contribution in [2.45, 2.75) is 101 Å². The Morgan fingerprint density at radius 2 is 1.95 bits per heavy atom. The molecule has 0 amide bonds. The molecule has 2 N–H and O–H groups in total. The number of aliphatic hydroxyl groups excluding tert-OH is 2. The molecule has 5 atom stereocenters. The van der Waals surface area contributed by atoms with E-state index in [9.17, 15) is 15.0 Å². The van der Waals surface area contributed by atoms with Crippen LogP contribution in [-0.2, 0) is 22.4 Å². The van der Waals surface area contributed by atoms with Gasteiger partial charge in [0.15, 0.2) is 0 Å². The van der Waals surface area contributed by atoms with E-state index in [-0.39, 0.29) is 34.7 Å². The quantitative estimate of drug-likeness (QED) is 0.101. The molecule has 1 aromatic heterocycles. The Hall–Kier alpha value is -1.37. The van der Waals surface area contributed by atoms with E-state index in [1.165, 1.54) is 24.0 Å². The van der Waals surface area contributed by atoms with E-state index in [0.29, 0.717) is 12.8 Å². The number of aliphatic hydroxyl groups is 2. The molecular formula is C32H42Cl2O4S. The fraction of sp³-hybridized carbons (Fsp3) is 0.594. The summed E-state index contributed by atoms with van der Waals surface area (Å²) in [7, 11) is 1.41. The molecule has 0 saturated heterocycles. The van der Waals surface area contributed by atoms with Crippen LogP contribution in [0.15, 0.2) is 48.6 Å². The molecule has 0 aliphatic heterocycles. The lowest BCUT2D eigenvalue weighted by molar-refractivity contribution is -0.140. The third-order valence-electron chi connectivity index (χ3n) is 8.88. The van der Waals surface area contributed by atoms with Gasteiger partial charge in [-0.05, 0) is 93.4 Å². The Labute approximate surface area is 247 Å². The molecule has 2 fully saturated rings. The van der Waals surface area contributed by atoms with Crippen molar-refractivity contribution >= 4 is 40.5 Å². The predicted molar refractivity (Wildman–Crippen MR) is 161 cm³/mol. The van der Waals surface area contributed by atoms with Crippen LogP contribution in [0.2, 0.25) is 4.34 Å². The van der Waals surface area contributed by atoms with Crippen molar-refractivity contribution in [2.24, 2.45) is 11.3 Å². The van der Waals surface area contributed by atoms with Gasteiger partial charge < -0.3 is 14.9 Å². The normalized spacial score (nSPS) is 25.1. The first-order valence-corrected chi connectivity index (χ1v) is 16.0. The molecule has 39 heavy (non-hydrogen) atoms. The average Bonchev–Trinajstić information content (AvgIpc) is 3.44. The zero-order chi connectivity index (χ0) is 27.8. The monoisotopic (exact) mass is 592 g/mol. The number of halogens is 2. The van der Waals surface area contributed by atoms with Gasteiger partial charge in [0.25, 0.3) is 0 Å². The smallest absolute Gasteiger partial charge is 0.305 e. The van der Waals surface area contributed by atoms with Crippen LogP contribution in [0.4, 0.5) is 0 Å². The highest BCUT2D eigenvalue weighted by atomic mass is 35.5. The third-order valence-corrected chi connectivity index (χ3v) is 10.6. The molecule has 2 unspecified atom stereocenters. The fourth-order valence-corrected chi connectivity index (χ4v) is 8.11. The highest BCUT2D eigenvalue weighted by Crippen LogP contribution is 2.49. The summed E-state index contributed by atoms with van der Waals surface area (Å²) in [4.78, 5) is 12.5. The zero-order valence-electron chi connectivity index (χ0n) is 22.9. The van der Waals surface area contributed by atoms with Gasteiger partial charge in [-0.15, -0.1) is 22.9 Å². The molecule has 2 aliphatic rings. The van der Waals surface area contributed by atoms with E-state index in [1.807, 2.05) is 6.07 Å². The summed E-state index contributed by atoms with van der Waals surface area (Å²) >= 11 is 14.4. The summed E-state index contributed by atoms with van der Waals surface area (Å²) < 4.78 is 5.50. The van der Waals surface area contributed by atoms with E-state index in [0.717, 1.165) is 67.7 Å². The van der Waals surface area contributed by atoms with Gasteiger partial charge in [-0.2, -0.15) is 0 Å². The largest absolute Gasteiger partial charge is 0.469 e. The maximum Gasteiger partial charge on any atom is 0.305 e. The summed E-state index contributed by atoms with van der Waals surface area (Å²) in [5.41, 5.74) is 2.41. The van der Waals surface area contributed by atoms with Gasteiger partial charge in [-0.3, -0.25) is 4.79 Å². The molecule has 1 aromatic carbocycles. The van der Waals surface area contributed by atoms with Crippen molar-refractivity contribution in [3.05, 3.63) is 68.9 Å². The number of esters is 1. The second-order valence-corrected chi connectivity index (χ2v) is 13.8. The summed E-state index contributed by atoms with van der Waals surface area (Å²) in [6, 6.07) is 12.7. The summed E-state index contributed by atoms with van der Waals surface area (Å²) in [5, 5.41) is 21.8. The minimum atomic E-state index is -0.442. The van der Waals surface area contributed by atoms with E-state index < -0.39 is 6.10 Å². The average molecular weight is 594 g/mol. The van der Waals surface area contributed by atoms with Gasteiger partial charge in [0, 0.05) is 28.0 Å². The number of unbranched alkanes of at least 4 members (excludes halogenated alkanes) is 1. The Kier molecular flexibility index (Phi) is 11.4. The van der Waals surface area contributed by atoms with Gasteiger partial charge in [0.1, 0.15) is 0 Å². The number of alkyl halides is 1. The van der Waals surface area contributed by atoms with Crippen molar-refractivity contribution in [3.8, 4) is 0 Å². The number of hydrogen-bond acceptors (Lipinski definition) is 5. The fourth-order valence-electron chi connectivity index (χ4n) is 6.43. The minimum Gasteiger partial charge on any atom is -0.469 e. The van der Waals surface area contributed by atoms with Gasteiger partial charge in [-0.1, -0.05) is 54.4 Å². The number of aryl methyl sites for hydroxylation is 1. The van der Waals surface area contributed by atoms with Crippen LogP contribution in [-0.4, -0.2) is 40.9 Å². The van der Waals surface area contributed by atoms with Crippen LogP contribution in [0.1, 0.15) is 86.1 Å². The number of hydrogen-bond donors (Lipinski definition) is 2. The first kappa shape index (κ1) is 30.6. The Bertz CT molecular complexity index is 1080. The van der Waals surface area contributed by atoms with Gasteiger partial charge in [0.05, 0.1) is 23.7 Å². The molecule has 1 heterocycles. The van der Waals surface area contributed by atoms with Crippen LogP contribution >= 0.6 is 34.5 Å². The van der Waals surface area contributed by atoms with Crippen LogP contribution in [0.3, 0.4) is 0 Å². The lowest BCUT2D eigenvalue weighted by Crippen LogP contribution is -2.43. The SMILES string of the molecule is COC(=O)CCCC=CC[C@H]1C(Cl)C[C@@H](O)[C@H]1c1ccc(CCCC(O)C2(Cc3ccc(Cl)s3)CCC2)cc1. The first-order valence-electron chi connectivity index (χ1n) is 14.4. The van der Waals surface area contributed by atoms with Crippen molar-refractivity contribution in [2.75, 3.05) is 7.11 Å². The summed E-state index contributed by atoms with van der Waals surface area (Å²) in [6.45, 7) is 0. The molecule has 7 heteroatoms. The predicted octanol–water partition coefficient (Wildman–Crippen LogP) is 7.86. The van der Waals surface area contributed by atoms with Crippen LogP contribution in [0.5, 0.6) is 0 Å². The Morgan fingerprint density at radius 3 is 2.59 bits per heavy atom. The van der Waals surface area contributed by atoms with E-state index >= 15 is 0 Å². The number of benzene rings is 1. The third kappa shape index (κ3) is 8.10. The Morgan fingerprint density at radius 1 is 1.18 bits per heavy atom. The maximum absolute atomic E-state index is 11.3. The van der Waals surface area contributed by atoms with Crippen molar-refractivity contribution < 1.29 is 19.7 Å². The zero-order valence-corrected chi connectivity index (χ0v) is 25.2. The van der Waals surface area contributed by atoms with Crippen molar-refractivity contribution in [1.82, 2.24) is 0 Å². The number of ether oxygens (including phenoxy) is 1. The van der Waals surface area contributed by atoms with Crippen LogP contribution < -0.4 is 0 Å². The second kappa shape index (κ2) is 14.5. The molecule has 0 spiro atoms. The molecule has 214 valence electrons. The lowest BCUT2D eigenvalue weighted by Gasteiger charge is -2.45. The molecule has 2 aromatic rings. The van der Waals surface area contributed by atoms with Crippen LogP contribution in [0.25, 0.3) is 0 Å².